The van der Waals surface area contributed by atoms with Crippen molar-refractivity contribution in [1.29, 1.82) is 0 Å². The average molecular weight is 477 g/mol. The molecule has 1 aromatic heterocycles. The number of carbonyl (C=O) groups is 2. The first-order valence-electron chi connectivity index (χ1n) is 11.4. The molecule has 1 N–H and O–H groups in total. The summed E-state index contributed by atoms with van der Waals surface area (Å²) >= 11 is 0. The van der Waals surface area contributed by atoms with E-state index in [1.54, 1.807) is 54.5 Å². The van der Waals surface area contributed by atoms with E-state index in [-0.39, 0.29) is 31.0 Å². The quantitative estimate of drug-likeness (QED) is 0.585. The molecule has 0 bridgehead atoms. The van der Waals surface area contributed by atoms with E-state index in [0.717, 1.165) is 0 Å². The van der Waals surface area contributed by atoms with Crippen LogP contribution in [0.15, 0.2) is 60.8 Å². The van der Waals surface area contributed by atoms with Crippen LogP contribution in [0.1, 0.15) is 10.4 Å². The minimum atomic E-state index is -0.584. The van der Waals surface area contributed by atoms with Gasteiger partial charge in [-0.05, 0) is 42.0 Å². The van der Waals surface area contributed by atoms with Crippen LogP contribution in [0.5, 0.6) is 11.5 Å². The Labute approximate surface area is 202 Å². The Morgan fingerprint density at radius 1 is 1.17 bits per heavy atom. The van der Waals surface area contributed by atoms with E-state index in [1.807, 2.05) is 17.0 Å². The van der Waals surface area contributed by atoms with Gasteiger partial charge in [-0.3, -0.25) is 14.5 Å². The highest BCUT2D eigenvalue weighted by atomic mass is 19.1. The minimum absolute atomic E-state index is 0.116. The van der Waals surface area contributed by atoms with Crippen molar-refractivity contribution in [2.75, 3.05) is 45.2 Å². The van der Waals surface area contributed by atoms with Gasteiger partial charge in [-0.2, -0.15) is 4.39 Å². The summed E-state index contributed by atoms with van der Waals surface area (Å²) < 4.78 is 25.6. The highest BCUT2D eigenvalue weighted by Crippen LogP contribution is 2.33. The van der Waals surface area contributed by atoms with E-state index >= 15 is 0 Å². The third kappa shape index (κ3) is 4.67. The summed E-state index contributed by atoms with van der Waals surface area (Å²) in [6.07, 6.45) is 1.39. The molecule has 0 aliphatic carbocycles. The first kappa shape index (κ1) is 22.8. The van der Waals surface area contributed by atoms with Gasteiger partial charge in [-0.15, -0.1) is 0 Å². The van der Waals surface area contributed by atoms with Crippen LogP contribution in [0, 0.1) is 5.95 Å². The zero-order chi connectivity index (χ0) is 24.4. The number of amides is 2. The topological polar surface area (TPSA) is 84.0 Å². The number of anilines is 1. The normalized spacial score (nSPS) is 18.2. The molecule has 1 saturated heterocycles. The number of aromatic nitrogens is 1. The number of pyridine rings is 1. The van der Waals surface area contributed by atoms with Crippen LogP contribution < -0.4 is 14.8 Å². The standard InChI is InChI=1S/C26H25FN4O4/c1-34-22-7-3-2-5-20(22)26(33)31-12-11-30-15-24(32)29-21-13-17(19-6-4-10-28-25(19)27)8-9-23(21)35-16-18(30)14-31/h2-10,13,18H,11-12,14-16H2,1H3,(H,29,32)/t18-/m1/s1. The third-order valence-electron chi connectivity index (χ3n) is 6.33. The molecule has 8 nitrogen and oxygen atoms in total. The molecule has 5 rings (SSSR count). The van der Waals surface area contributed by atoms with Crippen molar-refractivity contribution in [3.8, 4) is 22.6 Å². The summed E-state index contributed by atoms with van der Waals surface area (Å²) in [5.74, 6) is 0.117. The highest BCUT2D eigenvalue weighted by Gasteiger charge is 2.33. The van der Waals surface area contributed by atoms with Crippen molar-refractivity contribution >= 4 is 17.5 Å². The van der Waals surface area contributed by atoms with Gasteiger partial charge in [0.05, 0.1) is 30.9 Å². The average Bonchev–Trinajstić information content (AvgIpc) is 2.94. The number of nitrogens with zero attached hydrogens (tertiary/aromatic N) is 3. The van der Waals surface area contributed by atoms with E-state index in [0.29, 0.717) is 53.5 Å². The molecule has 2 aliphatic rings. The zero-order valence-corrected chi connectivity index (χ0v) is 19.2. The lowest BCUT2D eigenvalue weighted by Crippen LogP contribution is -2.57. The Bertz CT molecular complexity index is 1270. The molecule has 2 aromatic carbocycles. The Morgan fingerprint density at radius 3 is 2.86 bits per heavy atom. The van der Waals surface area contributed by atoms with Gasteiger partial charge in [-0.25, -0.2) is 4.98 Å². The Kier molecular flexibility index (Phi) is 6.33. The van der Waals surface area contributed by atoms with Crippen molar-refractivity contribution in [3.63, 3.8) is 0 Å². The molecule has 0 unspecified atom stereocenters. The van der Waals surface area contributed by atoms with Crippen molar-refractivity contribution in [2.45, 2.75) is 6.04 Å². The predicted molar refractivity (Wildman–Crippen MR) is 128 cm³/mol. The highest BCUT2D eigenvalue weighted by molar-refractivity contribution is 5.97. The van der Waals surface area contributed by atoms with Crippen molar-refractivity contribution in [2.24, 2.45) is 0 Å². The van der Waals surface area contributed by atoms with Crippen LogP contribution in [-0.2, 0) is 4.79 Å². The number of rotatable bonds is 3. The second kappa shape index (κ2) is 9.71. The number of piperazine rings is 1. The molecule has 2 aliphatic heterocycles. The summed E-state index contributed by atoms with van der Waals surface area (Å²) in [6.45, 7) is 1.88. The molecule has 3 aromatic rings. The number of hydrogen-bond acceptors (Lipinski definition) is 6. The van der Waals surface area contributed by atoms with Gasteiger partial charge in [0.25, 0.3) is 5.91 Å². The van der Waals surface area contributed by atoms with Gasteiger partial charge in [0, 0.05) is 31.4 Å². The number of fused-ring (bicyclic) bond motifs is 2. The largest absolute Gasteiger partial charge is 0.496 e. The molecule has 0 radical (unpaired) electrons. The van der Waals surface area contributed by atoms with Gasteiger partial charge in [0.15, 0.2) is 0 Å². The Balaban J connectivity index is 1.37. The van der Waals surface area contributed by atoms with Crippen LogP contribution in [0.4, 0.5) is 10.1 Å². The van der Waals surface area contributed by atoms with Gasteiger partial charge < -0.3 is 19.7 Å². The molecule has 35 heavy (non-hydrogen) atoms. The van der Waals surface area contributed by atoms with Crippen molar-refractivity contribution < 1.29 is 23.5 Å². The fourth-order valence-electron chi connectivity index (χ4n) is 4.52. The van der Waals surface area contributed by atoms with Crippen molar-refractivity contribution in [3.05, 3.63) is 72.3 Å². The SMILES string of the molecule is COc1ccccc1C(=O)N1CCN2CC(=O)Nc3cc(-c4cccnc4F)ccc3OC[C@H]2C1. The van der Waals surface area contributed by atoms with Crippen LogP contribution in [-0.4, -0.2) is 72.5 Å². The third-order valence-corrected chi connectivity index (χ3v) is 6.33. The smallest absolute Gasteiger partial charge is 0.257 e. The Hall–Kier alpha value is -3.98. The molecule has 3 heterocycles. The first-order chi connectivity index (χ1) is 17.0. The molecule has 180 valence electrons. The predicted octanol–water partition coefficient (Wildman–Crippen LogP) is 3.05. The van der Waals surface area contributed by atoms with E-state index in [9.17, 15) is 14.0 Å². The second-order valence-corrected chi connectivity index (χ2v) is 8.49. The van der Waals surface area contributed by atoms with E-state index in [1.165, 1.54) is 6.20 Å². The first-order valence-corrected chi connectivity index (χ1v) is 11.4. The lowest BCUT2D eigenvalue weighted by molar-refractivity contribution is -0.118. The zero-order valence-electron chi connectivity index (χ0n) is 19.2. The van der Waals surface area contributed by atoms with Crippen LogP contribution in [0.2, 0.25) is 0 Å². The van der Waals surface area contributed by atoms with Gasteiger partial charge in [0.2, 0.25) is 11.9 Å². The maximum absolute atomic E-state index is 14.2. The van der Waals surface area contributed by atoms with Gasteiger partial charge >= 0.3 is 0 Å². The number of halogens is 1. The number of ether oxygens (including phenoxy) is 2. The summed E-state index contributed by atoms with van der Waals surface area (Å²) in [6, 6.07) is 15.4. The minimum Gasteiger partial charge on any atom is -0.496 e. The molecule has 0 saturated carbocycles. The number of para-hydroxylation sites is 1. The fraction of sp³-hybridized carbons (Fsp3) is 0.269. The second-order valence-electron chi connectivity index (χ2n) is 8.49. The van der Waals surface area contributed by atoms with E-state index in [2.05, 4.69) is 10.3 Å². The van der Waals surface area contributed by atoms with Crippen molar-refractivity contribution in [1.82, 2.24) is 14.8 Å². The van der Waals surface area contributed by atoms with E-state index in [4.69, 9.17) is 9.47 Å². The Morgan fingerprint density at radius 2 is 2.03 bits per heavy atom. The molecular formula is C26H25FN4O4. The number of carbonyl (C=O) groups excluding carboxylic acids is 2. The monoisotopic (exact) mass is 476 g/mol. The maximum Gasteiger partial charge on any atom is 0.257 e. The maximum atomic E-state index is 14.2. The van der Waals surface area contributed by atoms with Gasteiger partial charge in [-0.1, -0.05) is 18.2 Å². The summed E-state index contributed by atoms with van der Waals surface area (Å²) in [7, 11) is 1.54. The molecule has 1 atom stereocenters. The number of hydrogen-bond donors (Lipinski definition) is 1. The lowest BCUT2D eigenvalue weighted by atomic mass is 10.1. The van der Waals surface area contributed by atoms with Crippen LogP contribution in [0.3, 0.4) is 0 Å². The van der Waals surface area contributed by atoms with Crippen LogP contribution >= 0.6 is 0 Å². The molecular weight excluding hydrogens is 451 g/mol. The summed E-state index contributed by atoms with van der Waals surface area (Å²) in [4.78, 5) is 33.6. The summed E-state index contributed by atoms with van der Waals surface area (Å²) in [5.41, 5.74) is 1.90. The summed E-state index contributed by atoms with van der Waals surface area (Å²) in [5, 5.41) is 2.89. The molecule has 0 spiro atoms. The number of methoxy groups -OCH3 is 1. The van der Waals surface area contributed by atoms with Gasteiger partial charge in [0.1, 0.15) is 18.1 Å². The number of nitrogens with one attached hydrogen (secondary N) is 1. The number of benzene rings is 2. The van der Waals surface area contributed by atoms with E-state index < -0.39 is 5.95 Å². The fourth-order valence-corrected chi connectivity index (χ4v) is 4.52. The molecule has 2 amide bonds. The molecule has 1 fully saturated rings. The lowest BCUT2D eigenvalue weighted by Gasteiger charge is -2.40. The van der Waals surface area contributed by atoms with Crippen LogP contribution in [0.25, 0.3) is 11.1 Å². The molecule has 9 heteroatoms.